The van der Waals surface area contributed by atoms with Crippen LogP contribution < -0.4 is 11.3 Å². The van der Waals surface area contributed by atoms with Crippen molar-refractivity contribution in [1.29, 1.82) is 0 Å². The molecule has 2 atom stereocenters. The Morgan fingerprint density at radius 3 is 2.78 bits per heavy atom. The second kappa shape index (κ2) is 7.43. The van der Waals surface area contributed by atoms with E-state index in [9.17, 15) is 0 Å². The quantitative estimate of drug-likeness (QED) is 0.466. The molecule has 1 saturated heterocycles. The van der Waals surface area contributed by atoms with Gasteiger partial charge in [0.05, 0.1) is 6.10 Å². The number of hydrogen-bond acceptors (Lipinski definition) is 3. The third-order valence-electron chi connectivity index (χ3n) is 3.49. The van der Waals surface area contributed by atoms with E-state index >= 15 is 0 Å². The van der Waals surface area contributed by atoms with Gasteiger partial charge in [-0.3, -0.25) is 11.3 Å². The highest BCUT2D eigenvalue weighted by Gasteiger charge is 2.17. The molecule has 0 spiro atoms. The van der Waals surface area contributed by atoms with Crippen LogP contribution in [0.4, 0.5) is 0 Å². The molecule has 0 bridgehead atoms. The second-order valence-electron chi connectivity index (χ2n) is 4.91. The Morgan fingerprint density at radius 2 is 2.17 bits per heavy atom. The summed E-state index contributed by atoms with van der Waals surface area (Å²) >= 11 is 2.32. The Bertz CT molecular complexity index is 349. The summed E-state index contributed by atoms with van der Waals surface area (Å²) in [4.78, 5) is 0. The van der Waals surface area contributed by atoms with Crippen LogP contribution in [0.5, 0.6) is 0 Å². The third-order valence-corrected chi connectivity index (χ3v) is 4.21. The number of ether oxygens (including phenoxy) is 1. The fourth-order valence-electron chi connectivity index (χ4n) is 2.41. The summed E-state index contributed by atoms with van der Waals surface area (Å²) in [5.74, 6) is 5.64. The summed E-state index contributed by atoms with van der Waals surface area (Å²) in [7, 11) is 0. The first-order valence-electron chi connectivity index (χ1n) is 6.60. The highest BCUT2D eigenvalue weighted by Crippen LogP contribution is 2.19. The maximum Gasteiger partial charge on any atom is 0.0576 e. The minimum atomic E-state index is 0.342. The normalized spacial score (nSPS) is 21.1. The molecule has 1 heterocycles. The predicted molar refractivity (Wildman–Crippen MR) is 82.2 cm³/mol. The monoisotopic (exact) mass is 360 g/mol. The first-order valence-corrected chi connectivity index (χ1v) is 7.68. The van der Waals surface area contributed by atoms with Gasteiger partial charge in [-0.25, -0.2) is 0 Å². The Balaban J connectivity index is 1.79. The van der Waals surface area contributed by atoms with Crippen LogP contribution in [0, 0.1) is 3.57 Å². The lowest BCUT2D eigenvalue weighted by Crippen LogP contribution is -2.37. The number of hydrazine groups is 1. The van der Waals surface area contributed by atoms with E-state index in [1.807, 2.05) is 0 Å². The van der Waals surface area contributed by atoms with Crippen LogP contribution in [0.2, 0.25) is 0 Å². The van der Waals surface area contributed by atoms with Crippen molar-refractivity contribution in [2.24, 2.45) is 5.84 Å². The van der Waals surface area contributed by atoms with Crippen LogP contribution in [0.1, 0.15) is 31.2 Å². The van der Waals surface area contributed by atoms with Crippen LogP contribution in [-0.2, 0) is 11.2 Å². The number of hydrogen-bond donors (Lipinski definition) is 2. The van der Waals surface area contributed by atoms with Gasteiger partial charge in [0.2, 0.25) is 0 Å². The fraction of sp³-hybridized carbons (Fsp3) is 0.571. The van der Waals surface area contributed by atoms with Crippen LogP contribution in [0.3, 0.4) is 0 Å². The lowest BCUT2D eigenvalue weighted by Gasteiger charge is -2.18. The topological polar surface area (TPSA) is 47.3 Å². The lowest BCUT2D eigenvalue weighted by molar-refractivity contribution is 0.0996. The largest absolute Gasteiger partial charge is 0.378 e. The third kappa shape index (κ3) is 4.50. The van der Waals surface area contributed by atoms with Crippen LogP contribution >= 0.6 is 22.6 Å². The maximum absolute atomic E-state index is 5.64. The molecule has 100 valence electrons. The number of halogens is 1. The van der Waals surface area contributed by atoms with Crippen molar-refractivity contribution in [2.75, 3.05) is 6.61 Å². The Morgan fingerprint density at radius 1 is 1.39 bits per heavy atom. The van der Waals surface area contributed by atoms with Gasteiger partial charge in [0, 0.05) is 16.2 Å². The first kappa shape index (κ1) is 14.2. The Labute approximate surface area is 123 Å². The summed E-state index contributed by atoms with van der Waals surface area (Å²) in [5.41, 5.74) is 4.27. The minimum absolute atomic E-state index is 0.342. The molecule has 4 heteroatoms. The van der Waals surface area contributed by atoms with Gasteiger partial charge in [0.25, 0.3) is 0 Å². The van der Waals surface area contributed by atoms with E-state index in [4.69, 9.17) is 10.6 Å². The van der Waals surface area contributed by atoms with E-state index in [0.29, 0.717) is 12.1 Å². The highest BCUT2D eigenvalue weighted by molar-refractivity contribution is 14.1. The van der Waals surface area contributed by atoms with Crippen molar-refractivity contribution in [3.8, 4) is 0 Å². The Kier molecular flexibility index (Phi) is 5.88. The van der Waals surface area contributed by atoms with Gasteiger partial charge in [-0.05, 0) is 72.4 Å². The first-order chi connectivity index (χ1) is 8.78. The van der Waals surface area contributed by atoms with Gasteiger partial charge >= 0.3 is 0 Å². The molecule has 1 aliphatic heterocycles. The predicted octanol–water partition coefficient (Wildman–Crippen LogP) is 2.62. The number of nitrogens with two attached hydrogens (primary N) is 1. The smallest absolute Gasteiger partial charge is 0.0576 e. The summed E-state index contributed by atoms with van der Waals surface area (Å²) in [6, 6.07) is 8.98. The molecule has 1 aromatic carbocycles. The molecular formula is C14H21IN2O. The molecule has 0 saturated carbocycles. The number of benzene rings is 1. The fourth-order valence-corrected chi connectivity index (χ4v) is 2.77. The molecule has 2 rings (SSSR count). The van der Waals surface area contributed by atoms with Crippen molar-refractivity contribution in [3.05, 3.63) is 33.4 Å². The van der Waals surface area contributed by atoms with Crippen molar-refractivity contribution >= 4 is 22.6 Å². The second-order valence-corrected chi connectivity index (χ2v) is 6.15. The van der Waals surface area contributed by atoms with E-state index in [1.54, 1.807) is 0 Å². The molecule has 1 aliphatic rings. The van der Waals surface area contributed by atoms with E-state index in [-0.39, 0.29) is 0 Å². The van der Waals surface area contributed by atoms with Crippen molar-refractivity contribution in [1.82, 2.24) is 5.43 Å². The number of rotatable bonds is 6. The van der Waals surface area contributed by atoms with Gasteiger partial charge in [-0.15, -0.1) is 0 Å². The molecule has 2 unspecified atom stereocenters. The lowest BCUT2D eigenvalue weighted by atomic mass is 10.00. The summed E-state index contributed by atoms with van der Waals surface area (Å²) in [6.07, 6.45) is 6.05. The average molecular weight is 360 g/mol. The molecule has 3 nitrogen and oxygen atoms in total. The average Bonchev–Trinajstić information content (AvgIpc) is 2.90. The molecule has 3 N–H and O–H groups in total. The zero-order valence-electron chi connectivity index (χ0n) is 10.6. The zero-order chi connectivity index (χ0) is 12.8. The van der Waals surface area contributed by atoms with E-state index in [2.05, 4.69) is 52.3 Å². The van der Waals surface area contributed by atoms with Gasteiger partial charge < -0.3 is 4.74 Å². The molecule has 0 amide bonds. The summed E-state index contributed by atoms with van der Waals surface area (Å²) in [5, 5.41) is 0. The Hall–Kier alpha value is -0.170. The van der Waals surface area contributed by atoms with Gasteiger partial charge in [0.1, 0.15) is 0 Å². The molecule has 0 radical (unpaired) electrons. The maximum atomic E-state index is 5.64. The summed E-state index contributed by atoms with van der Waals surface area (Å²) in [6.45, 7) is 0.933. The van der Waals surface area contributed by atoms with E-state index in [1.165, 1.54) is 22.0 Å². The highest BCUT2D eigenvalue weighted by atomic mass is 127. The molecule has 0 aliphatic carbocycles. The van der Waals surface area contributed by atoms with Crippen molar-refractivity contribution in [2.45, 2.75) is 44.2 Å². The van der Waals surface area contributed by atoms with E-state index in [0.717, 1.165) is 25.9 Å². The molecule has 18 heavy (non-hydrogen) atoms. The van der Waals surface area contributed by atoms with Crippen molar-refractivity contribution < 1.29 is 4.74 Å². The minimum Gasteiger partial charge on any atom is -0.378 e. The van der Waals surface area contributed by atoms with E-state index < -0.39 is 0 Å². The molecule has 0 aromatic heterocycles. The molecule has 1 aromatic rings. The summed E-state index contributed by atoms with van der Waals surface area (Å²) < 4.78 is 6.92. The van der Waals surface area contributed by atoms with Crippen LogP contribution in [0.25, 0.3) is 0 Å². The van der Waals surface area contributed by atoms with Gasteiger partial charge in [-0.2, -0.15) is 0 Å². The van der Waals surface area contributed by atoms with Crippen LogP contribution in [0.15, 0.2) is 24.3 Å². The standard InChI is InChI=1S/C14H21IN2O/c15-12-5-3-11(4-6-12)10-13(17-16)7-8-14-2-1-9-18-14/h3-6,13-14,17H,1-2,7-10,16H2. The molecule has 1 fully saturated rings. The van der Waals surface area contributed by atoms with Gasteiger partial charge in [-0.1, -0.05) is 12.1 Å². The SMILES string of the molecule is NNC(CCC1CCCO1)Cc1ccc(I)cc1. The van der Waals surface area contributed by atoms with Crippen LogP contribution in [-0.4, -0.2) is 18.8 Å². The zero-order valence-corrected chi connectivity index (χ0v) is 12.7. The van der Waals surface area contributed by atoms with Gasteiger partial charge in [0.15, 0.2) is 0 Å². The molecular weight excluding hydrogens is 339 g/mol. The van der Waals surface area contributed by atoms with Crippen molar-refractivity contribution in [3.63, 3.8) is 0 Å². The number of nitrogens with one attached hydrogen (secondary N) is 1.